The van der Waals surface area contributed by atoms with Crippen molar-refractivity contribution in [3.63, 3.8) is 0 Å². The summed E-state index contributed by atoms with van der Waals surface area (Å²) in [5.41, 5.74) is 1.85. The molecule has 0 unspecified atom stereocenters. The summed E-state index contributed by atoms with van der Waals surface area (Å²) in [4.78, 5) is 32.0. The molecule has 0 bridgehead atoms. The van der Waals surface area contributed by atoms with Crippen molar-refractivity contribution in [2.45, 2.75) is 47.1 Å². The monoisotopic (exact) mass is 438 g/mol. The van der Waals surface area contributed by atoms with Crippen LogP contribution >= 0.6 is 0 Å². The van der Waals surface area contributed by atoms with Crippen LogP contribution in [-0.4, -0.2) is 45.9 Å². The van der Waals surface area contributed by atoms with Gasteiger partial charge >= 0.3 is 0 Å². The van der Waals surface area contributed by atoms with Crippen molar-refractivity contribution in [2.75, 3.05) is 19.6 Å². The van der Waals surface area contributed by atoms with Crippen molar-refractivity contribution < 1.29 is 14.0 Å². The topological polar surface area (TPSA) is 80.4 Å². The standard InChI is InChI=1S/C25H34N4O3/c1-18(2)15-28(16-19(3)4)24(30)17-29-21-10-6-5-9-20(21)27-23(29)12-7-13-26-25(31)22-11-8-14-32-22/h5-6,8-11,14,18-19H,7,12-13,15-17H2,1-4H3,(H,26,31). The molecule has 3 aromatic rings. The average Bonchev–Trinajstić information content (AvgIpc) is 3.39. The first kappa shape index (κ1) is 23.6. The fraction of sp³-hybridized carbons (Fsp3) is 0.480. The molecule has 0 saturated heterocycles. The minimum absolute atomic E-state index is 0.114. The van der Waals surface area contributed by atoms with Crippen molar-refractivity contribution >= 4 is 22.8 Å². The molecule has 0 aliphatic carbocycles. The van der Waals surface area contributed by atoms with Crippen molar-refractivity contribution in [2.24, 2.45) is 11.8 Å². The number of hydrogen-bond acceptors (Lipinski definition) is 4. The molecular weight excluding hydrogens is 404 g/mol. The minimum Gasteiger partial charge on any atom is -0.459 e. The molecule has 172 valence electrons. The zero-order chi connectivity index (χ0) is 23.1. The summed E-state index contributed by atoms with van der Waals surface area (Å²) in [5, 5.41) is 2.87. The number of fused-ring (bicyclic) bond motifs is 1. The number of aryl methyl sites for hydroxylation is 1. The number of imidazole rings is 1. The third-order valence-corrected chi connectivity index (χ3v) is 5.16. The summed E-state index contributed by atoms with van der Waals surface area (Å²) in [6.45, 7) is 10.8. The van der Waals surface area contributed by atoms with Gasteiger partial charge in [0.2, 0.25) is 5.91 Å². The number of para-hydroxylation sites is 2. The van der Waals surface area contributed by atoms with E-state index in [1.54, 1.807) is 12.1 Å². The van der Waals surface area contributed by atoms with Crippen LogP contribution in [0.25, 0.3) is 11.0 Å². The van der Waals surface area contributed by atoms with Gasteiger partial charge in [-0.25, -0.2) is 4.98 Å². The quantitative estimate of drug-likeness (QED) is 0.457. The molecule has 0 aliphatic heterocycles. The molecule has 3 rings (SSSR count). The molecule has 0 aliphatic rings. The van der Waals surface area contributed by atoms with Crippen molar-refractivity contribution in [1.29, 1.82) is 0 Å². The van der Waals surface area contributed by atoms with Gasteiger partial charge in [-0.3, -0.25) is 9.59 Å². The van der Waals surface area contributed by atoms with Gasteiger partial charge in [0.15, 0.2) is 5.76 Å². The fourth-order valence-electron chi connectivity index (χ4n) is 3.83. The van der Waals surface area contributed by atoms with Gasteiger partial charge in [0, 0.05) is 26.1 Å². The van der Waals surface area contributed by atoms with Crippen LogP contribution < -0.4 is 5.32 Å². The number of carbonyl (C=O) groups is 2. The van der Waals surface area contributed by atoms with Crippen molar-refractivity contribution in [1.82, 2.24) is 19.8 Å². The summed E-state index contributed by atoms with van der Waals surface area (Å²) in [5.74, 6) is 1.88. The SMILES string of the molecule is CC(C)CN(CC(C)C)C(=O)Cn1c(CCCNC(=O)c2ccco2)nc2ccccc21. The average molecular weight is 439 g/mol. The highest BCUT2D eigenvalue weighted by Crippen LogP contribution is 2.18. The summed E-state index contributed by atoms with van der Waals surface area (Å²) in [6, 6.07) is 11.2. The van der Waals surface area contributed by atoms with Gasteiger partial charge < -0.3 is 19.2 Å². The van der Waals surface area contributed by atoms with Gasteiger partial charge in [0.25, 0.3) is 5.91 Å². The molecule has 0 fully saturated rings. The highest BCUT2D eigenvalue weighted by molar-refractivity contribution is 5.91. The van der Waals surface area contributed by atoms with Crippen LogP contribution in [0.15, 0.2) is 47.1 Å². The van der Waals surface area contributed by atoms with Crippen LogP contribution in [0.4, 0.5) is 0 Å². The van der Waals surface area contributed by atoms with Crippen LogP contribution in [0.5, 0.6) is 0 Å². The van der Waals surface area contributed by atoms with Gasteiger partial charge in [0.05, 0.1) is 17.3 Å². The van der Waals surface area contributed by atoms with E-state index in [1.807, 2.05) is 33.7 Å². The van der Waals surface area contributed by atoms with Crippen molar-refractivity contribution in [3.05, 3.63) is 54.2 Å². The summed E-state index contributed by atoms with van der Waals surface area (Å²) >= 11 is 0. The van der Waals surface area contributed by atoms with E-state index in [4.69, 9.17) is 9.40 Å². The molecule has 1 N–H and O–H groups in total. The number of amides is 2. The van der Waals surface area contributed by atoms with E-state index in [-0.39, 0.29) is 18.4 Å². The molecule has 2 heterocycles. The predicted molar refractivity (Wildman–Crippen MR) is 125 cm³/mol. The van der Waals surface area contributed by atoms with Crippen LogP contribution in [0.2, 0.25) is 0 Å². The maximum Gasteiger partial charge on any atom is 0.286 e. The Labute approximate surface area is 189 Å². The molecule has 7 nitrogen and oxygen atoms in total. The predicted octanol–water partition coefficient (Wildman–Crippen LogP) is 4.13. The molecule has 0 radical (unpaired) electrons. The molecule has 1 aromatic carbocycles. The van der Waals surface area contributed by atoms with Crippen LogP contribution in [0.1, 0.15) is 50.5 Å². The summed E-state index contributed by atoms with van der Waals surface area (Å²) in [6.07, 6.45) is 2.86. The third-order valence-electron chi connectivity index (χ3n) is 5.16. The summed E-state index contributed by atoms with van der Waals surface area (Å²) in [7, 11) is 0. The van der Waals surface area contributed by atoms with E-state index in [1.165, 1.54) is 6.26 Å². The molecule has 0 spiro atoms. The number of benzene rings is 1. The molecule has 7 heteroatoms. The van der Waals surface area contributed by atoms with Gasteiger partial charge in [-0.2, -0.15) is 0 Å². The zero-order valence-corrected chi connectivity index (χ0v) is 19.5. The Morgan fingerprint density at radius 1 is 1.06 bits per heavy atom. The molecule has 0 saturated carbocycles. The van der Waals surface area contributed by atoms with E-state index in [9.17, 15) is 9.59 Å². The molecule has 2 aromatic heterocycles. The van der Waals surface area contributed by atoms with Gasteiger partial charge in [0.1, 0.15) is 12.4 Å². The molecule has 32 heavy (non-hydrogen) atoms. The van der Waals surface area contributed by atoms with Crippen LogP contribution in [0.3, 0.4) is 0 Å². The first-order chi connectivity index (χ1) is 15.3. The van der Waals surface area contributed by atoms with Crippen molar-refractivity contribution in [3.8, 4) is 0 Å². The van der Waals surface area contributed by atoms with E-state index in [2.05, 4.69) is 33.0 Å². The number of nitrogens with zero attached hydrogens (tertiary/aromatic N) is 3. The normalized spacial score (nSPS) is 11.4. The Bertz CT molecular complexity index is 1010. The molecular formula is C25H34N4O3. The van der Waals surface area contributed by atoms with E-state index < -0.39 is 0 Å². The highest BCUT2D eigenvalue weighted by Gasteiger charge is 2.20. The Balaban J connectivity index is 1.70. The van der Waals surface area contributed by atoms with Gasteiger partial charge in [-0.1, -0.05) is 39.8 Å². The van der Waals surface area contributed by atoms with E-state index in [0.717, 1.165) is 29.9 Å². The highest BCUT2D eigenvalue weighted by atomic mass is 16.3. The fourth-order valence-corrected chi connectivity index (χ4v) is 3.83. The second-order valence-corrected chi connectivity index (χ2v) is 9.03. The van der Waals surface area contributed by atoms with Gasteiger partial charge in [-0.05, 0) is 42.5 Å². The minimum atomic E-state index is -0.225. The number of rotatable bonds is 11. The van der Waals surface area contributed by atoms with E-state index in [0.29, 0.717) is 37.0 Å². The lowest BCUT2D eigenvalue weighted by Crippen LogP contribution is -2.39. The first-order valence-electron chi connectivity index (χ1n) is 11.4. The van der Waals surface area contributed by atoms with Gasteiger partial charge in [-0.15, -0.1) is 0 Å². The number of hydrogen-bond donors (Lipinski definition) is 1. The third kappa shape index (κ3) is 6.22. The largest absolute Gasteiger partial charge is 0.459 e. The smallest absolute Gasteiger partial charge is 0.286 e. The Morgan fingerprint density at radius 2 is 1.78 bits per heavy atom. The number of aromatic nitrogens is 2. The molecule has 0 atom stereocenters. The number of furan rings is 1. The second-order valence-electron chi connectivity index (χ2n) is 9.03. The second kappa shape index (κ2) is 11.0. The molecule has 2 amide bonds. The number of nitrogens with one attached hydrogen (secondary N) is 1. The zero-order valence-electron chi connectivity index (χ0n) is 19.5. The van der Waals surface area contributed by atoms with Crippen LogP contribution in [0, 0.1) is 11.8 Å². The lowest BCUT2D eigenvalue weighted by atomic mass is 10.1. The Hall–Kier alpha value is -3.09. The Morgan fingerprint density at radius 3 is 2.44 bits per heavy atom. The maximum absolute atomic E-state index is 13.2. The van der Waals surface area contributed by atoms with Crippen LogP contribution in [-0.2, 0) is 17.8 Å². The maximum atomic E-state index is 13.2. The Kier molecular flexibility index (Phi) is 8.09. The van der Waals surface area contributed by atoms with E-state index >= 15 is 0 Å². The first-order valence-corrected chi connectivity index (χ1v) is 11.4. The summed E-state index contributed by atoms with van der Waals surface area (Å²) < 4.78 is 7.15. The number of carbonyl (C=O) groups excluding carboxylic acids is 2. The lowest BCUT2D eigenvalue weighted by molar-refractivity contribution is -0.132. The lowest BCUT2D eigenvalue weighted by Gasteiger charge is -2.27.